The van der Waals surface area contributed by atoms with Crippen LogP contribution in [0.4, 0.5) is 5.82 Å². The Morgan fingerprint density at radius 1 is 1.39 bits per heavy atom. The molecule has 5 atom stereocenters. The lowest BCUT2D eigenvalue weighted by molar-refractivity contribution is -0.392. The van der Waals surface area contributed by atoms with Gasteiger partial charge >= 0.3 is 5.82 Å². The van der Waals surface area contributed by atoms with Gasteiger partial charge in [-0.15, -0.1) is 0 Å². The Morgan fingerprint density at radius 3 is 2.70 bits per heavy atom. The second kappa shape index (κ2) is 7.29. The van der Waals surface area contributed by atoms with Crippen LogP contribution in [0.2, 0.25) is 0 Å². The van der Waals surface area contributed by atoms with Gasteiger partial charge in [0.15, 0.2) is 12.1 Å². The van der Waals surface area contributed by atoms with Crippen LogP contribution in [0.25, 0.3) is 0 Å². The minimum Gasteiger partial charge on any atom is -0.394 e. The van der Waals surface area contributed by atoms with E-state index in [0.717, 1.165) is 6.20 Å². The first kappa shape index (κ1) is 17.7. The first-order valence-electron chi connectivity index (χ1n) is 6.95. The lowest BCUT2D eigenvalue weighted by Gasteiger charge is -2.39. The van der Waals surface area contributed by atoms with E-state index in [1.165, 1.54) is 4.57 Å². The molecule has 0 saturated carbocycles. The van der Waals surface area contributed by atoms with Crippen molar-refractivity contribution >= 4 is 5.82 Å². The summed E-state index contributed by atoms with van der Waals surface area (Å²) in [4.78, 5) is 14.1. The van der Waals surface area contributed by atoms with E-state index >= 15 is 0 Å². The summed E-state index contributed by atoms with van der Waals surface area (Å²) in [5.41, 5.74) is 0. The predicted molar refractivity (Wildman–Crippen MR) is 73.3 cm³/mol. The molecule has 130 valence electrons. The molecule has 0 amide bonds. The quantitative estimate of drug-likeness (QED) is 0.338. The number of aliphatic hydroxyl groups is 4. The normalized spacial score (nSPS) is 31.3. The van der Waals surface area contributed by atoms with E-state index in [1.54, 1.807) is 6.92 Å². The topological polar surface area (TPSA) is 160 Å². The molecular weight excluding hydrogens is 314 g/mol. The molecule has 2 rings (SSSR count). The van der Waals surface area contributed by atoms with Crippen molar-refractivity contribution in [2.75, 3.05) is 13.2 Å². The van der Waals surface area contributed by atoms with Crippen molar-refractivity contribution in [3.8, 4) is 0 Å². The van der Waals surface area contributed by atoms with Gasteiger partial charge in [0, 0.05) is 6.92 Å². The average molecular weight is 333 g/mol. The third-order valence-electron chi connectivity index (χ3n) is 3.67. The summed E-state index contributed by atoms with van der Waals surface area (Å²) in [5, 5.41) is 49.0. The zero-order chi connectivity index (χ0) is 17.1. The molecule has 1 aliphatic rings. The summed E-state index contributed by atoms with van der Waals surface area (Å²) >= 11 is 0. The molecule has 1 fully saturated rings. The molecule has 1 aromatic heterocycles. The summed E-state index contributed by atoms with van der Waals surface area (Å²) in [6, 6.07) is 0. The molecule has 1 saturated heterocycles. The van der Waals surface area contributed by atoms with Gasteiger partial charge in [-0.05, 0) is 4.92 Å². The highest BCUT2D eigenvalue weighted by atomic mass is 16.7. The molecule has 0 radical (unpaired) electrons. The number of aromatic nitrogens is 2. The molecule has 11 heteroatoms. The van der Waals surface area contributed by atoms with Gasteiger partial charge in [-0.1, -0.05) is 0 Å². The lowest BCUT2D eigenvalue weighted by atomic mass is 9.99. The second-order valence-electron chi connectivity index (χ2n) is 5.14. The largest absolute Gasteiger partial charge is 0.394 e. The maximum atomic E-state index is 10.9. The molecule has 0 bridgehead atoms. The lowest BCUT2D eigenvalue weighted by Crippen LogP contribution is -2.59. The highest BCUT2D eigenvalue weighted by Gasteiger charge is 2.44. The fourth-order valence-electron chi connectivity index (χ4n) is 2.34. The number of ether oxygens (including phenoxy) is 2. The van der Waals surface area contributed by atoms with Gasteiger partial charge in [0.05, 0.1) is 13.2 Å². The Bertz CT molecular complexity index is 548. The SMILES string of the molecule is Cc1ncc([N+](=O)[O-])n1CCO[C@@H]1O[C@H](CO)[C@@H](O)[C@H](O)[C@H]1O. The summed E-state index contributed by atoms with van der Waals surface area (Å²) < 4.78 is 11.8. The van der Waals surface area contributed by atoms with Gasteiger partial charge in [0.25, 0.3) is 0 Å². The number of nitrogens with zero attached hydrogens (tertiary/aromatic N) is 3. The van der Waals surface area contributed by atoms with Gasteiger partial charge in [-0.2, -0.15) is 0 Å². The maximum Gasteiger partial charge on any atom is 0.342 e. The molecule has 0 unspecified atom stereocenters. The third-order valence-corrected chi connectivity index (χ3v) is 3.67. The highest BCUT2D eigenvalue weighted by molar-refractivity contribution is 5.18. The molecule has 23 heavy (non-hydrogen) atoms. The molecule has 11 nitrogen and oxygen atoms in total. The smallest absolute Gasteiger partial charge is 0.342 e. The minimum atomic E-state index is -1.53. The van der Waals surface area contributed by atoms with Crippen LogP contribution in [0.3, 0.4) is 0 Å². The van der Waals surface area contributed by atoms with Gasteiger partial charge in [0.1, 0.15) is 37.2 Å². The summed E-state index contributed by atoms with van der Waals surface area (Å²) in [5.74, 6) is 0.231. The van der Waals surface area contributed by atoms with E-state index in [4.69, 9.17) is 14.6 Å². The van der Waals surface area contributed by atoms with Crippen LogP contribution >= 0.6 is 0 Å². The standard InChI is InChI=1S/C12H19N3O8/c1-6-13-4-8(15(20)21)14(6)2-3-22-12-11(19)10(18)9(17)7(5-16)23-12/h4,7,9-12,16-19H,2-3,5H2,1H3/t7-,9-,10+,11-,12-/m1/s1. The molecule has 1 aliphatic heterocycles. The second-order valence-corrected chi connectivity index (χ2v) is 5.14. The van der Waals surface area contributed by atoms with E-state index in [0.29, 0.717) is 5.82 Å². The Kier molecular flexibility index (Phi) is 5.62. The number of aryl methyl sites for hydroxylation is 1. The first-order chi connectivity index (χ1) is 10.9. The zero-order valence-corrected chi connectivity index (χ0v) is 12.3. The van der Waals surface area contributed by atoms with Crippen LogP contribution in [0.5, 0.6) is 0 Å². The molecule has 1 aromatic rings. The molecule has 0 aliphatic carbocycles. The zero-order valence-electron chi connectivity index (χ0n) is 12.3. The van der Waals surface area contributed by atoms with Crippen LogP contribution < -0.4 is 0 Å². The van der Waals surface area contributed by atoms with Crippen LogP contribution in [0.1, 0.15) is 5.82 Å². The van der Waals surface area contributed by atoms with E-state index in [-0.39, 0.29) is 19.0 Å². The highest BCUT2D eigenvalue weighted by Crippen LogP contribution is 2.22. The van der Waals surface area contributed by atoms with Gasteiger partial charge < -0.3 is 40.0 Å². The van der Waals surface area contributed by atoms with Gasteiger partial charge in [-0.25, -0.2) is 9.55 Å². The number of aliphatic hydroxyl groups excluding tert-OH is 4. The minimum absolute atomic E-state index is 0.0687. The Morgan fingerprint density at radius 2 is 2.09 bits per heavy atom. The predicted octanol–water partition coefficient (Wildman–Crippen LogP) is -2.08. The number of hydrogen-bond acceptors (Lipinski definition) is 9. The number of hydrogen-bond donors (Lipinski definition) is 4. The summed E-state index contributed by atoms with van der Waals surface area (Å²) in [7, 11) is 0. The van der Waals surface area contributed by atoms with Crippen molar-refractivity contribution in [3.63, 3.8) is 0 Å². The van der Waals surface area contributed by atoms with Crippen molar-refractivity contribution in [1.29, 1.82) is 0 Å². The van der Waals surface area contributed by atoms with Crippen molar-refractivity contribution in [1.82, 2.24) is 9.55 Å². The monoisotopic (exact) mass is 333 g/mol. The fraction of sp³-hybridized carbons (Fsp3) is 0.750. The Hall–Kier alpha value is -1.63. The van der Waals surface area contributed by atoms with E-state index in [2.05, 4.69) is 4.98 Å². The van der Waals surface area contributed by atoms with Crippen molar-refractivity contribution in [2.45, 2.75) is 44.2 Å². The van der Waals surface area contributed by atoms with Crippen molar-refractivity contribution in [3.05, 3.63) is 22.1 Å². The summed E-state index contributed by atoms with van der Waals surface area (Å²) in [6.07, 6.45) is -5.71. The molecule has 2 heterocycles. The molecule has 0 spiro atoms. The first-order valence-corrected chi connectivity index (χ1v) is 6.95. The number of imidazole rings is 1. The Balaban J connectivity index is 1.96. The van der Waals surface area contributed by atoms with E-state index in [9.17, 15) is 25.4 Å². The third kappa shape index (κ3) is 3.65. The number of rotatable bonds is 6. The van der Waals surface area contributed by atoms with Crippen molar-refractivity contribution in [2.24, 2.45) is 0 Å². The molecule has 0 aromatic carbocycles. The molecule has 4 N–H and O–H groups in total. The van der Waals surface area contributed by atoms with Gasteiger partial charge in [-0.3, -0.25) is 0 Å². The van der Waals surface area contributed by atoms with Crippen LogP contribution in [0.15, 0.2) is 6.20 Å². The maximum absolute atomic E-state index is 10.9. The summed E-state index contributed by atoms with van der Waals surface area (Å²) in [6.45, 7) is 1.05. The van der Waals surface area contributed by atoms with Crippen LogP contribution in [0, 0.1) is 17.0 Å². The average Bonchev–Trinajstić information content (AvgIpc) is 2.88. The van der Waals surface area contributed by atoms with Gasteiger partial charge in [0.2, 0.25) is 0 Å². The fourth-order valence-corrected chi connectivity index (χ4v) is 2.34. The Labute approximate surface area is 130 Å². The van der Waals surface area contributed by atoms with E-state index in [1.807, 2.05) is 0 Å². The van der Waals surface area contributed by atoms with Crippen LogP contribution in [-0.4, -0.2) is 78.8 Å². The molecular formula is C12H19N3O8. The van der Waals surface area contributed by atoms with Crippen LogP contribution in [-0.2, 0) is 16.0 Å². The van der Waals surface area contributed by atoms with E-state index < -0.39 is 42.2 Å². The number of nitro groups is 1. The van der Waals surface area contributed by atoms with Crippen molar-refractivity contribution < 1.29 is 34.8 Å².